The number of hydrogen-bond donors (Lipinski definition) is 1. The molecule has 0 aliphatic carbocycles. The summed E-state index contributed by atoms with van der Waals surface area (Å²) in [6.45, 7) is 11.0. The Morgan fingerprint density at radius 3 is 2.05 bits per heavy atom. The molecule has 0 saturated carbocycles. The molecule has 0 aromatic carbocycles. The van der Waals surface area contributed by atoms with E-state index in [0.29, 0.717) is 12.3 Å². The second-order valence-electron chi connectivity index (χ2n) is 5.81. The number of hydrogen-bond acceptors (Lipinski definition) is 4. The van der Waals surface area contributed by atoms with E-state index in [1.165, 1.54) is 38.8 Å². The summed E-state index contributed by atoms with van der Waals surface area (Å²) >= 11 is 0. The zero-order chi connectivity index (χ0) is 15.0. The van der Waals surface area contributed by atoms with Crippen LogP contribution in [0.2, 0.25) is 0 Å². The number of rotatable bonds is 4. The first-order valence-corrected chi connectivity index (χ1v) is 8.32. The highest BCUT2D eigenvalue weighted by molar-refractivity contribution is 5.77. The number of likely N-dealkylation sites (tertiary alicyclic amines) is 2. The van der Waals surface area contributed by atoms with Gasteiger partial charge >= 0.3 is 0 Å². The largest absolute Gasteiger partial charge is 0.317 e. The van der Waals surface area contributed by atoms with Crippen molar-refractivity contribution >= 4 is 5.78 Å². The Labute approximate surface area is 124 Å². The molecular weight excluding hydrogens is 250 g/mol. The van der Waals surface area contributed by atoms with Crippen LogP contribution in [0.1, 0.15) is 46.5 Å². The molecule has 0 aromatic rings. The number of Topliss-reactive ketones (excluding diaryl/α,β-unsaturated/α-hetero) is 1. The monoisotopic (exact) mass is 283 g/mol. The van der Waals surface area contributed by atoms with Crippen molar-refractivity contribution in [1.82, 2.24) is 15.1 Å². The summed E-state index contributed by atoms with van der Waals surface area (Å²) in [4.78, 5) is 16.1. The highest BCUT2D eigenvalue weighted by atomic mass is 16.1. The Balaban J connectivity index is 0.000000956. The molecule has 0 bridgehead atoms. The Bertz CT molecular complexity index is 267. The van der Waals surface area contributed by atoms with Crippen molar-refractivity contribution in [1.29, 1.82) is 0 Å². The molecule has 2 heterocycles. The van der Waals surface area contributed by atoms with Crippen LogP contribution in [-0.2, 0) is 4.79 Å². The highest BCUT2D eigenvalue weighted by Gasteiger charge is 2.27. The molecule has 0 spiro atoms. The van der Waals surface area contributed by atoms with Gasteiger partial charge in [-0.05, 0) is 52.7 Å². The molecule has 2 saturated heterocycles. The van der Waals surface area contributed by atoms with Crippen molar-refractivity contribution in [2.75, 3.05) is 39.8 Å². The zero-order valence-corrected chi connectivity index (χ0v) is 13.8. The van der Waals surface area contributed by atoms with Gasteiger partial charge in [-0.3, -0.25) is 9.69 Å². The first kappa shape index (κ1) is 17.6. The van der Waals surface area contributed by atoms with Gasteiger partial charge in [-0.1, -0.05) is 13.8 Å². The summed E-state index contributed by atoms with van der Waals surface area (Å²) in [7, 11) is 2.07. The Hall–Kier alpha value is -0.450. The molecule has 0 radical (unpaired) electrons. The summed E-state index contributed by atoms with van der Waals surface area (Å²) in [5.41, 5.74) is 0. The van der Waals surface area contributed by atoms with Crippen LogP contribution in [0.25, 0.3) is 0 Å². The van der Waals surface area contributed by atoms with Gasteiger partial charge in [0.2, 0.25) is 0 Å². The second-order valence-corrected chi connectivity index (χ2v) is 5.81. The maximum atomic E-state index is 11.1. The van der Waals surface area contributed by atoms with E-state index in [1.54, 1.807) is 6.92 Å². The second kappa shape index (κ2) is 9.48. The lowest BCUT2D eigenvalue weighted by Crippen LogP contribution is -2.50. The summed E-state index contributed by atoms with van der Waals surface area (Å²) in [6, 6.07) is 1.48. The van der Waals surface area contributed by atoms with E-state index in [4.69, 9.17) is 0 Å². The van der Waals surface area contributed by atoms with Gasteiger partial charge in [0, 0.05) is 25.2 Å². The summed E-state index contributed by atoms with van der Waals surface area (Å²) in [5, 5.41) is 3.38. The lowest BCUT2D eigenvalue weighted by atomic mass is 9.98. The minimum atomic E-state index is 0.295. The smallest absolute Gasteiger partial charge is 0.143 e. The van der Waals surface area contributed by atoms with Gasteiger partial charge in [0.25, 0.3) is 0 Å². The number of nitrogens with one attached hydrogen (secondary N) is 1. The molecule has 1 N–H and O–H groups in total. The third kappa shape index (κ3) is 5.51. The first-order valence-electron chi connectivity index (χ1n) is 8.32. The van der Waals surface area contributed by atoms with Gasteiger partial charge in [-0.25, -0.2) is 0 Å². The molecular formula is C16H33N3O. The number of piperidine rings is 2. The van der Waals surface area contributed by atoms with Crippen molar-refractivity contribution in [2.24, 2.45) is 0 Å². The fourth-order valence-corrected chi connectivity index (χ4v) is 3.31. The molecule has 20 heavy (non-hydrogen) atoms. The fourth-order valence-electron chi connectivity index (χ4n) is 3.31. The standard InChI is InChI=1S/C14H27N3O.C2H6/c1-12(18)11-16-7-5-14(6-8-16)17-9-3-13(15-2)4-10-17;1-2/h13-15H,3-11H2,1-2H3;1-2H3. The van der Waals surface area contributed by atoms with Crippen LogP contribution in [0.4, 0.5) is 0 Å². The van der Waals surface area contributed by atoms with Crippen molar-refractivity contribution in [3.8, 4) is 0 Å². The summed E-state index contributed by atoms with van der Waals surface area (Å²) in [6.07, 6.45) is 5.03. The molecule has 0 atom stereocenters. The molecule has 0 unspecified atom stereocenters. The number of carbonyl (C=O) groups is 1. The highest BCUT2D eigenvalue weighted by Crippen LogP contribution is 2.20. The average molecular weight is 283 g/mol. The number of nitrogens with zero attached hydrogens (tertiary/aromatic N) is 2. The average Bonchev–Trinajstić information content (AvgIpc) is 2.50. The van der Waals surface area contributed by atoms with E-state index in [9.17, 15) is 4.79 Å². The van der Waals surface area contributed by atoms with E-state index in [1.807, 2.05) is 13.8 Å². The fraction of sp³-hybridized carbons (Fsp3) is 0.938. The van der Waals surface area contributed by atoms with Crippen LogP contribution in [0.15, 0.2) is 0 Å². The molecule has 2 aliphatic rings. The molecule has 118 valence electrons. The van der Waals surface area contributed by atoms with Crippen molar-refractivity contribution in [2.45, 2.75) is 58.5 Å². The molecule has 2 fully saturated rings. The van der Waals surface area contributed by atoms with Crippen molar-refractivity contribution < 1.29 is 4.79 Å². The maximum absolute atomic E-state index is 11.1. The third-order valence-electron chi connectivity index (χ3n) is 4.46. The van der Waals surface area contributed by atoms with Gasteiger partial charge in [0.15, 0.2) is 0 Å². The number of ketones is 1. The molecule has 4 nitrogen and oxygen atoms in total. The molecule has 2 aliphatic heterocycles. The Kier molecular flexibility index (Phi) is 8.34. The lowest BCUT2D eigenvalue weighted by Gasteiger charge is -2.41. The Morgan fingerprint density at radius 2 is 1.60 bits per heavy atom. The van der Waals surface area contributed by atoms with E-state index < -0.39 is 0 Å². The van der Waals surface area contributed by atoms with E-state index in [2.05, 4.69) is 22.2 Å². The van der Waals surface area contributed by atoms with Crippen LogP contribution in [-0.4, -0.2) is 67.4 Å². The van der Waals surface area contributed by atoms with Gasteiger partial charge in [-0.15, -0.1) is 0 Å². The van der Waals surface area contributed by atoms with Crippen LogP contribution >= 0.6 is 0 Å². The predicted molar refractivity (Wildman–Crippen MR) is 85.1 cm³/mol. The van der Waals surface area contributed by atoms with Crippen LogP contribution in [0, 0.1) is 0 Å². The first-order chi connectivity index (χ1) is 9.69. The quantitative estimate of drug-likeness (QED) is 0.853. The van der Waals surface area contributed by atoms with Gasteiger partial charge in [0.1, 0.15) is 5.78 Å². The predicted octanol–water partition coefficient (Wildman–Crippen LogP) is 1.75. The Morgan fingerprint density at radius 1 is 1.05 bits per heavy atom. The van der Waals surface area contributed by atoms with Gasteiger partial charge in [-0.2, -0.15) is 0 Å². The summed E-state index contributed by atoms with van der Waals surface area (Å²) in [5.74, 6) is 0.295. The normalized spacial score (nSPS) is 23.2. The minimum absolute atomic E-state index is 0.295. The molecule has 2 rings (SSSR count). The topological polar surface area (TPSA) is 35.6 Å². The van der Waals surface area contributed by atoms with Gasteiger partial charge in [0.05, 0.1) is 6.54 Å². The van der Waals surface area contributed by atoms with E-state index in [0.717, 1.165) is 25.2 Å². The third-order valence-corrected chi connectivity index (χ3v) is 4.46. The molecule has 0 amide bonds. The van der Waals surface area contributed by atoms with Crippen LogP contribution < -0.4 is 5.32 Å². The van der Waals surface area contributed by atoms with Crippen molar-refractivity contribution in [3.05, 3.63) is 0 Å². The SMILES string of the molecule is CC.CNC1CCN(C2CCN(CC(C)=O)CC2)CC1. The molecule has 0 aromatic heterocycles. The van der Waals surface area contributed by atoms with Crippen LogP contribution in [0.5, 0.6) is 0 Å². The maximum Gasteiger partial charge on any atom is 0.143 e. The van der Waals surface area contributed by atoms with E-state index >= 15 is 0 Å². The minimum Gasteiger partial charge on any atom is -0.317 e. The van der Waals surface area contributed by atoms with Gasteiger partial charge < -0.3 is 10.2 Å². The molecule has 4 heteroatoms. The zero-order valence-electron chi connectivity index (χ0n) is 13.8. The summed E-state index contributed by atoms with van der Waals surface area (Å²) < 4.78 is 0. The van der Waals surface area contributed by atoms with Crippen LogP contribution in [0.3, 0.4) is 0 Å². The number of carbonyl (C=O) groups excluding carboxylic acids is 1. The van der Waals surface area contributed by atoms with Crippen molar-refractivity contribution in [3.63, 3.8) is 0 Å². The van der Waals surface area contributed by atoms with E-state index in [-0.39, 0.29) is 0 Å². The lowest BCUT2D eigenvalue weighted by molar-refractivity contribution is -0.118.